The first kappa shape index (κ1) is 22.1. The van der Waals surface area contributed by atoms with E-state index in [-0.39, 0.29) is 6.61 Å². The van der Waals surface area contributed by atoms with Crippen LogP contribution >= 0.6 is 0 Å². The average Bonchev–Trinajstić information content (AvgIpc) is 3.43. The van der Waals surface area contributed by atoms with Crippen LogP contribution in [0.3, 0.4) is 0 Å². The molecule has 8 nitrogen and oxygen atoms in total. The van der Waals surface area contributed by atoms with Gasteiger partial charge >= 0.3 is 5.76 Å². The molecule has 3 heterocycles. The maximum absolute atomic E-state index is 11.6. The number of para-hydroxylation sites is 3. The van der Waals surface area contributed by atoms with E-state index in [9.17, 15) is 9.90 Å². The third-order valence-electron chi connectivity index (χ3n) is 6.56. The Balaban J connectivity index is 1.47. The topological polar surface area (TPSA) is 106 Å². The molecule has 2 aromatic heterocycles. The molecule has 180 valence electrons. The Morgan fingerprint density at radius 2 is 1.92 bits per heavy atom. The van der Waals surface area contributed by atoms with Gasteiger partial charge in [-0.1, -0.05) is 47.6 Å². The number of nitrogens with one attached hydrogen (secondary N) is 1. The molecule has 3 aromatic carbocycles. The van der Waals surface area contributed by atoms with Crippen LogP contribution in [0.2, 0.25) is 0 Å². The summed E-state index contributed by atoms with van der Waals surface area (Å²) in [6.07, 6.45) is 0.486. The maximum atomic E-state index is 11.6. The molecule has 0 bridgehead atoms. The van der Waals surface area contributed by atoms with Crippen LogP contribution in [0.4, 0.5) is 0 Å². The molecule has 36 heavy (non-hydrogen) atoms. The van der Waals surface area contributed by atoms with Gasteiger partial charge in [0.05, 0.1) is 17.6 Å². The number of aromatic nitrogens is 4. The number of nitrogens with zero attached hydrogens (tertiary/aromatic N) is 3. The van der Waals surface area contributed by atoms with Crippen LogP contribution in [-0.4, -0.2) is 31.4 Å². The number of hydrogen-bond donors (Lipinski definition) is 2. The number of ether oxygens (including phenoxy) is 1. The Hall–Kier alpha value is -4.43. The Morgan fingerprint density at radius 1 is 1.08 bits per heavy atom. The van der Waals surface area contributed by atoms with Crippen molar-refractivity contribution < 1.29 is 14.4 Å². The van der Waals surface area contributed by atoms with Crippen LogP contribution in [0, 0.1) is 0 Å². The second kappa shape index (κ2) is 8.98. The Labute approximate surface area is 206 Å². The fourth-order valence-corrected chi connectivity index (χ4v) is 4.90. The maximum Gasteiger partial charge on any atom is 0.439 e. The summed E-state index contributed by atoms with van der Waals surface area (Å²) in [5, 5.41) is 13.5. The quantitative estimate of drug-likeness (QED) is 0.391. The fourth-order valence-electron chi connectivity index (χ4n) is 4.90. The molecule has 6 rings (SSSR count). The summed E-state index contributed by atoms with van der Waals surface area (Å²) >= 11 is 0. The summed E-state index contributed by atoms with van der Waals surface area (Å²) in [6.45, 7) is 2.98. The van der Waals surface area contributed by atoms with Crippen LogP contribution in [0.25, 0.3) is 22.2 Å². The third kappa shape index (κ3) is 3.81. The second-order valence-corrected chi connectivity index (χ2v) is 8.80. The highest BCUT2D eigenvalue weighted by Gasteiger charge is 2.23. The zero-order valence-corrected chi connectivity index (χ0v) is 19.7. The van der Waals surface area contributed by atoms with Gasteiger partial charge in [-0.05, 0) is 53.5 Å². The van der Waals surface area contributed by atoms with Gasteiger partial charge in [-0.15, -0.1) is 0 Å². The third-order valence-corrected chi connectivity index (χ3v) is 6.56. The monoisotopic (exact) mass is 480 g/mol. The average molecular weight is 481 g/mol. The molecular formula is C28H24N4O4. The van der Waals surface area contributed by atoms with Crippen LogP contribution in [-0.2, 0) is 19.6 Å². The van der Waals surface area contributed by atoms with E-state index in [1.165, 1.54) is 0 Å². The molecule has 0 radical (unpaired) electrons. The number of fused-ring (bicyclic) bond motifs is 3. The molecule has 0 spiro atoms. The fraction of sp³-hybridized carbons (Fsp3) is 0.179. The number of aliphatic hydroxyl groups is 1. The van der Waals surface area contributed by atoms with Crippen molar-refractivity contribution in [3.63, 3.8) is 0 Å². The number of aromatic amines is 1. The molecule has 0 fully saturated rings. The highest BCUT2D eigenvalue weighted by molar-refractivity contribution is 5.99. The van der Waals surface area contributed by atoms with E-state index in [2.05, 4.69) is 39.0 Å². The summed E-state index contributed by atoms with van der Waals surface area (Å²) < 4.78 is 13.1. The Morgan fingerprint density at radius 3 is 2.75 bits per heavy atom. The van der Waals surface area contributed by atoms with Gasteiger partial charge in [-0.3, -0.25) is 9.51 Å². The van der Waals surface area contributed by atoms with Gasteiger partial charge in [0.1, 0.15) is 18.2 Å². The summed E-state index contributed by atoms with van der Waals surface area (Å²) in [7, 11) is 0. The minimum absolute atomic E-state index is 0.0389. The van der Waals surface area contributed by atoms with Crippen LogP contribution in [0.1, 0.15) is 40.8 Å². The van der Waals surface area contributed by atoms with Crippen molar-refractivity contribution in [2.75, 3.05) is 6.61 Å². The normalized spacial score (nSPS) is 14.2. The van der Waals surface area contributed by atoms with E-state index in [1.807, 2.05) is 49.4 Å². The van der Waals surface area contributed by atoms with Gasteiger partial charge in [0.25, 0.3) is 0 Å². The summed E-state index contributed by atoms with van der Waals surface area (Å²) in [5.41, 5.74) is 7.73. The number of aliphatic hydroxyl groups excluding tert-OH is 1. The molecule has 0 amide bonds. The predicted molar refractivity (Wildman–Crippen MR) is 136 cm³/mol. The molecule has 0 unspecified atom stereocenters. The van der Waals surface area contributed by atoms with E-state index in [0.29, 0.717) is 25.4 Å². The van der Waals surface area contributed by atoms with Gasteiger partial charge in [0.15, 0.2) is 5.82 Å². The van der Waals surface area contributed by atoms with Crippen molar-refractivity contribution in [1.82, 2.24) is 19.7 Å². The molecule has 1 aliphatic heterocycles. The van der Waals surface area contributed by atoms with Crippen molar-refractivity contribution in [1.29, 1.82) is 0 Å². The minimum Gasteiger partial charge on any atom is -0.488 e. The Bertz CT molecular complexity index is 1670. The standard InChI is InChI=1S/C28H24N4O4/c1-17(27-30-28(34)36-31-27)26-20-11-10-18(14-19(20)16-35-24-9-5-2-6-21(24)26)15-32-23-8-4-3-7-22(23)29-25(32)12-13-33/h2-11,14,33H,12-13,15-16H2,1H3,(H,30,31,34)/b26-17-. The van der Waals surface area contributed by atoms with Crippen molar-refractivity contribution in [2.45, 2.75) is 26.5 Å². The molecular weight excluding hydrogens is 456 g/mol. The second-order valence-electron chi connectivity index (χ2n) is 8.80. The van der Waals surface area contributed by atoms with Crippen molar-refractivity contribution in [2.24, 2.45) is 0 Å². The number of rotatable bonds is 5. The predicted octanol–water partition coefficient (Wildman–Crippen LogP) is 4.17. The number of H-pyrrole nitrogens is 1. The smallest absolute Gasteiger partial charge is 0.439 e. The molecule has 0 saturated carbocycles. The van der Waals surface area contributed by atoms with Crippen molar-refractivity contribution in [3.8, 4) is 5.75 Å². The number of allylic oxidation sites excluding steroid dienone is 1. The van der Waals surface area contributed by atoms with Gasteiger partial charge in [-0.25, -0.2) is 9.78 Å². The molecule has 8 heteroatoms. The molecule has 5 aromatic rings. The van der Waals surface area contributed by atoms with Crippen molar-refractivity contribution >= 4 is 22.2 Å². The van der Waals surface area contributed by atoms with Crippen molar-refractivity contribution in [3.05, 3.63) is 111 Å². The lowest BCUT2D eigenvalue weighted by Crippen LogP contribution is -2.08. The van der Waals surface area contributed by atoms with E-state index in [4.69, 9.17) is 14.2 Å². The SMILES string of the molecule is C/C(=C1\c2ccc(Cn3c(CCO)nc4ccccc43)cc2COc2ccccc21)c1noc(=O)[nH]1. The number of benzene rings is 3. The van der Waals surface area contributed by atoms with E-state index < -0.39 is 5.76 Å². The zero-order chi connectivity index (χ0) is 24.6. The lowest BCUT2D eigenvalue weighted by molar-refractivity contribution is 0.295. The number of imidazole rings is 1. The summed E-state index contributed by atoms with van der Waals surface area (Å²) in [6, 6.07) is 22.2. The van der Waals surface area contributed by atoms with Gasteiger partial charge in [-0.2, -0.15) is 0 Å². The number of hydrogen-bond acceptors (Lipinski definition) is 6. The van der Waals surface area contributed by atoms with E-state index in [1.54, 1.807) is 0 Å². The van der Waals surface area contributed by atoms with Gasteiger partial charge in [0.2, 0.25) is 0 Å². The highest BCUT2D eigenvalue weighted by Crippen LogP contribution is 2.40. The molecule has 0 saturated heterocycles. The first-order valence-corrected chi connectivity index (χ1v) is 11.8. The largest absolute Gasteiger partial charge is 0.488 e. The molecule has 2 N–H and O–H groups in total. The first-order chi connectivity index (χ1) is 17.6. The highest BCUT2D eigenvalue weighted by atomic mass is 16.5. The zero-order valence-electron chi connectivity index (χ0n) is 19.7. The van der Waals surface area contributed by atoms with Gasteiger partial charge in [0, 0.05) is 24.1 Å². The van der Waals surface area contributed by atoms with Gasteiger partial charge < -0.3 is 14.4 Å². The van der Waals surface area contributed by atoms with Crippen LogP contribution in [0.15, 0.2) is 76.0 Å². The summed E-state index contributed by atoms with van der Waals surface area (Å²) in [4.78, 5) is 19.0. The van der Waals surface area contributed by atoms with E-state index >= 15 is 0 Å². The molecule has 0 atom stereocenters. The first-order valence-electron chi connectivity index (χ1n) is 11.8. The lowest BCUT2D eigenvalue weighted by atomic mass is 9.89. The van der Waals surface area contributed by atoms with Crippen LogP contribution in [0.5, 0.6) is 5.75 Å². The van der Waals surface area contributed by atoms with E-state index in [0.717, 1.165) is 56.0 Å². The minimum atomic E-state index is -0.593. The molecule has 1 aliphatic rings. The summed E-state index contributed by atoms with van der Waals surface area (Å²) in [5.74, 6) is 1.41. The van der Waals surface area contributed by atoms with Crippen LogP contribution < -0.4 is 10.5 Å². The Kier molecular flexibility index (Phi) is 5.50. The lowest BCUT2D eigenvalue weighted by Gasteiger charge is -2.15. The molecule has 0 aliphatic carbocycles.